The largest absolute Gasteiger partial charge is 0.461 e. The van der Waals surface area contributed by atoms with E-state index in [0.717, 1.165) is 43.2 Å². The molecule has 7 nitrogen and oxygen atoms in total. The lowest BCUT2D eigenvalue weighted by Gasteiger charge is -2.31. The van der Waals surface area contributed by atoms with Crippen LogP contribution in [0.25, 0.3) is 32.9 Å². The number of halogens is 2. The van der Waals surface area contributed by atoms with Crippen molar-refractivity contribution < 1.29 is 13.5 Å². The molecule has 0 aliphatic carbocycles. The maximum atomic E-state index is 16.5. The second-order valence-corrected chi connectivity index (χ2v) is 11.0. The van der Waals surface area contributed by atoms with Crippen molar-refractivity contribution >= 4 is 27.5 Å². The number of hydrogen-bond donors (Lipinski definition) is 1. The van der Waals surface area contributed by atoms with E-state index in [-0.39, 0.29) is 29.4 Å². The number of nitrogens with one attached hydrogen (secondary N) is 1. The normalized spacial score (nSPS) is 23.0. The van der Waals surface area contributed by atoms with Crippen LogP contribution in [0.1, 0.15) is 24.8 Å². The molecule has 2 aromatic carbocycles. The topological polar surface area (TPSA) is 66.4 Å². The van der Waals surface area contributed by atoms with Gasteiger partial charge in [0.2, 0.25) is 0 Å². The third-order valence-electron chi connectivity index (χ3n) is 8.61. The van der Waals surface area contributed by atoms with Crippen LogP contribution in [0, 0.1) is 18.2 Å². The molecule has 1 N–H and O–H groups in total. The summed E-state index contributed by atoms with van der Waals surface area (Å²) in [5.74, 6) is 2.77. The molecule has 3 aliphatic rings. The van der Waals surface area contributed by atoms with Crippen molar-refractivity contribution in [3.8, 4) is 29.6 Å². The Balaban J connectivity index is 1.35. The Hall–Kier alpha value is -3.87. The molecule has 7 rings (SSSR count). The van der Waals surface area contributed by atoms with Gasteiger partial charge in [-0.2, -0.15) is 9.97 Å². The molecule has 2 atom stereocenters. The molecule has 0 saturated carbocycles. The number of nitrogens with zero attached hydrogens (tertiary/aromatic N) is 5. The summed E-state index contributed by atoms with van der Waals surface area (Å²) in [7, 11) is 0. The zero-order valence-corrected chi connectivity index (χ0v) is 22.2. The average molecular weight is 541 g/mol. The van der Waals surface area contributed by atoms with Crippen molar-refractivity contribution in [3.05, 3.63) is 54.0 Å². The summed E-state index contributed by atoms with van der Waals surface area (Å²) in [4.78, 5) is 18.2. The van der Waals surface area contributed by atoms with Gasteiger partial charge in [0, 0.05) is 61.9 Å². The molecule has 9 heteroatoms. The number of piperazine rings is 1. The van der Waals surface area contributed by atoms with Crippen molar-refractivity contribution in [2.75, 3.05) is 50.8 Å². The van der Waals surface area contributed by atoms with Crippen molar-refractivity contribution in [2.45, 2.75) is 31.0 Å². The first-order valence-corrected chi connectivity index (χ1v) is 13.9. The Morgan fingerprint density at radius 3 is 2.77 bits per heavy atom. The molecule has 0 amide bonds. The van der Waals surface area contributed by atoms with Crippen LogP contribution >= 0.6 is 0 Å². The van der Waals surface area contributed by atoms with E-state index in [1.807, 2.05) is 36.4 Å². The molecule has 0 unspecified atom stereocenters. The predicted octanol–water partition coefficient (Wildman–Crippen LogP) is 4.33. The second kappa shape index (κ2) is 9.95. The van der Waals surface area contributed by atoms with Gasteiger partial charge in [0.15, 0.2) is 5.82 Å². The lowest BCUT2D eigenvalue weighted by molar-refractivity contribution is 0.107. The maximum Gasteiger partial charge on any atom is 0.319 e. The number of fused-ring (bicyclic) bond motifs is 3. The Labute approximate surface area is 231 Å². The molecule has 2 aromatic heterocycles. The third-order valence-corrected chi connectivity index (χ3v) is 8.61. The number of rotatable bonds is 5. The van der Waals surface area contributed by atoms with Gasteiger partial charge in [-0.15, -0.1) is 6.42 Å². The highest BCUT2D eigenvalue weighted by atomic mass is 19.1. The number of benzene rings is 2. The minimum Gasteiger partial charge on any atom is -0.461 e. The Kier molecular flexibility index (Phi) is 6.25. The number of terminal acetylenes is 1. The highest BCUT2D eigenvalue weighted by Crippen LogP contribution is 2.41. The van der Waals surface area contributed by atoms with Gasteiger partial charge in [-0.1, -0.05) is 36.3 Å². The van der Waals surface area contributed by atoms with Crippen molar-refractivity contribution in [3.63, 3.8) is 0 Å². The Morgan fingerprint density at radius 2 is 1.95 bits per heavy atom. The first-order chi connectivity index (χ1) is 19.6. The van der Waals surface area contributed by atoms with E-state index in [9.17, 15) is 4.39 Å². The van der Waals surface area contributed by atoms with Crippen LogP contribution in [0.5, 0.6) is 6.01 Å². The quantitative estimate of drug-likeness (QED) is 0.378. The smallest absolute Gasteiger partial charge is 0.319 e. The number of alkyl halides is 1. The standard InChI is InChI=1S/C31H30F2N6O/c1-2-20-6-3-7-21-8-4-9-23(25(20)21)27-26(33)28-24(17-35-27)29(38-14-11-34-12-15-38)37-30(36-28)40-19-31-10-5-13-39(31)18-22(32)16-31/h1,3-4,6-9,17,22,34H,5,10-16,18-19H2/t22-,31+/m1/s1. The van der Waals surface area contributed by atoms with Gasteiger partial charge in [0.05, 0.1) is 10.9 Å². The van der Waals surface area contributed by atoms with Gasteiger partial charge in [-0.25, -0.2) is 8.78 Å². The fourth-order valence-electron chi connectivity index (χ4n) is 6.70. The van der Waals surface area contributed by atoms with Gasteiger partial charge in [-0.05, 0) is 30.8 Å². The van der Waals surface area contributed by atoms with Crippen LogP contribution in [0.3, 0.4) is 0 Å². The summed E-state index contributed by atoms with van der Waals surface area (Å²) in [5.41, 5.74) is 1.24. The Bertz CT molecular complexity index is 1640. The maximum absolute atomic E-state index is 16.5. The van der Waals surface area contributed by atoms with Crippen LogP contribution in [0.2, 0.25) is 0 Å². The SMILES string of the molecule is C#Cc1cccc2cccc(-c3ncc4c(N5CCNCC5)nc(OC[C@@]56CCCN5C[C@H](F)C6)nc4c3F)c12. The van der Waals surface area contributed by atoms with E-state index >= 15 is 4.39 Å². The van der Waals surface area contributed by atoms with Gasteiger partial charge in [0.25, 0.3) is 0 Å². The van der Waals surface area contributed by atoms with Crippen LogP contribution in [0.15, 0.2) is 42.6 Å². The lowest BCUT2D eigenvalue weighted by Crippen LogP contribution is -2.44. The van der Waals surface area contributed by atoms with Crippen molar-refractivity contribution in [2.24, 2.45) is 0 Å². The van der Waals surface area contributed by atoms with E-state index < -0.39 is 12.0 Å². The van der Waals surface area contributed by atoms with Gasteiger partial charge in [-0.3, -0.25) is 9.88 Å². The van der Waals surface area contributed by atoms with E-state index in [0.29, 0.717) is 48.4 Å². The molecule has 0 spiro atoms. The highest BCUT2D eigenvalue weighted by Gasteiger charge is 2.49. The Morgan fingerprint density at radius 1 is 1.12 bits per heavy atom. The highest BCUT2D eigenvalue weighted by molar-refractivity contribution is 6.02. The van der Waals surface area contributed by atoms with Crippen molar-refractivity contribution in [1.82, 2.24) is 25.2 Å². The molecule has 5 heterocycles. The number of ether oxygens (including phenoxy) is 1. The molecular weight excluding hydrogens is 510 g/mol. The first kappa shape index (κ1) is 25.1. The molecular formula is C31H30F2N6O. The summed E-state index contributed by atoms with van der Waals surface area (Å²) in [6.45, 7) is 4.57. The number of anilines is 1. The summed E-state index contributed by atoms with van der Waals surface area (Å²) in [6, 6.07) is 11.4. The summed E-state index contributed by atoms with van der Waals surface area (Å²) < 4.78 is 37.1. The minimum absolute atomic E-state index is 0.0999. The molecule has 204 valence electrons. The lowest BCUT2D eigenvalue weighted by atomic mass is 9.95. The molecule has 3 saturated heterocycles. The van der Waals surface area contributed by atoms with Crippen LogP contribution in [-0.4, -0.2) is 77.4 Å². The predicted molar refractivity (Wildman–Crippen MR) is 152 cm³/mol. The number of hydrogen-bond acceptors (Lipinski definition) is 7. The fraction of sp³-hybridized carbons (Fsp3) is 0.387. The molecule has 40 heavy (non-hydrogen) atoms. The molecule has 0 bridgehead atoms. The number of aromatic nitrogens is 3. The number of pyridine rings is 1. The van der Waals surface area contributed by atoms with Crippen LogP contribution in [0.4, 0.5) is 14.6 Å². The average Bonchev–Trinajstić information content (AvgIpc) is 3.51. The van der Waals surface area contributed by atoms with E-state index in [1.54, 1.807) is 6.20 Å². The fourth-order valence-corrected chi connectivity index (χ4v) is 6.70. The van der Waals surface area contributed by atoms with E-state index in [1.165, 1.54) is 0 Å². The minimum atomic E-state index is -0.863. The zero-order valence-electron chi connectivity index (χ0n) is 22.2. The monoisotopic (exact) mass is 540 g/mol. The van der Waals surface area contributed by atoms with Crippen molar-refractivity contribution in [1.29, 1.82) is 0 Å². The summed E-state index contributed by atoms with van der Waals surface area (Å²) >= 11 is 0. The first-order valence-electron chi connectivity index (χ1n) is 13.9. The molecule has 3 fully saturated rings. The van der Waals surface area contributed by atoms with Crippen LogP contribution < -0.4 is 15.0 Å². The molecule has 0 radical (unpaired) electrons. The van der Waals surface area contributed by atoms with Gasteiger partial charge < -0.3 is 15.0 Å². The van der Waals surface area contributed by atoms with Gasteiger partial charge in [0.1, 0.15) is 29.8 Å². The second-order valence-electron chi connectivity index (χ2n) is 11.0. The molecule has 4 aromatic rings. The van der Waals surface area contributed by atoms with Gasteiger partial charge >= 0.3 is 6.01 Å². The van der Waals surface area contributed by atoms with E-state index in [4.69, 9.17) is 16.1 Å². The van der Waals surface area contributed by atoms with Crippen LogP contribution in [-0.2, 0) is 0 Å². The van der Waals surface area contributed by atoms with E-state index in [2.05, 4.69) is 31.0 Å². The third kappa shape index (κ3) is 4.14. The zero-order chi connectivity index (χ0) is 27.3. The summed E-state index contributed by atoms with van der Waals surface area (Å²) in [6.07, 6.45) is 8.90. The summed E-state index contributed by atoms with van der Waals surface area (Å²) in [5, 5.41) is 5.55. The molecule has 3 aliphatic heterocycles.